The fourth-order valence-corrected chi connectivity index (χ4v) is 1.15. The van der Waals surface area contributed by atoms with E-state index in [1.165, 1.54) is 0 Å². The Morgan fingerprint density at radius 3 is 2.18 bits per heavy atom. The molecule has 0 saturated carbocycles. The molecule has 0 unspecified atom stereocenters. The molecule has 11 heavy (non-hydrogen) atoms. The molecule has 0 rings (SSSR count). The Balaban J connectivity index is 0. The summed E-state index contributed by atoms with van der Waals surface area (Å²) < 4.78 is 34.4. The van der Waals surface area contributed by atoms with Crippen LogP contribution < -0.4 is 51.4 Å². The first-order valence-corrected chi connectivity index (χ1v) is 4.11. The molecule has 0 saturated heterocycles. The summed E-state index contributed by atoms with van der Waals surface area (Å²) in [5, 5.41) is 8.21. The SMILES string of the molecule is OCCCSC[B-](F)(F)F.[K+]. The Morgan fingerprint density at radius 1 is 1.27 bits per heavy atom. The van der Waals surface area contributed by atoms with Crippen LogP contribution in [0.25, 0.3) is 0 Å². The van der Waals surface area contributed by atoms with Crippen LogP contribution in [0.5, 0.6) is 0 Å². The second kappa shape index (κ2) is 8.40. The van der Waals surface area contributed by atoms with Gasteiger partial charge in [-0.2, -0.15) is 11.8 Å². The summed E-state index contributed by atoms with van der Waals surface area (Å²) in [6.45, 7) is -4.66. The van der Waals surface area contributed by atoms with Gasteiger partial charge in [-0.3, -0.25) is 0 Å². The largest absolute Gasteiger partial charge is 1.00 e. The van der Waals surface area contributed by atoms with Gasteiger partial charge in [0.1, 0.15) is 0 Å². The molecule has 0 fully saturated rings. The maximum Gasteiger partial charge on any atom is 1.00 e. The third kappa shape index (κ3) is 14.6. The van der Waals surface area contributed by atoms with Crippen LogP contribution in [-0.2, 0) is 0 Å². The van der Waals surface area contributed by atoms with Gasteiger partial charge in [-0.25, -0.2) is 0 Å². The number of rotatable bonds is 5. The smallest absolute Gasteiger partial charge is 0.448 e. The molecule has 0 amide bonds. The zero-order chi connectivity index (χ0) is 8.04. The van der Waals surface area contributed by atoms with E-state index in [1.54, 1.807) is 0 Å². The van der Waals surface area contributed by atoms with Crippen molar-refractivity contribution in [2.45, 2.75) is 6.42 Å². The van der Waals surface area contributed by atoms with Crippen molar-refractivity contribution in [1.29, 1.82) is 0 Å². The molecular weight excluding hydrogens is 203 g/mol. The summed E-state index contributed by atoms with van der Waals surface area (Å²) in [5.74, 6) is 0.387. The summed E-state index contributed by atoms with van der Waals surface area (Å²) in [5.41, 5.74) is -0.750. The van der Waals surface area contributed by atoms with Gasteiger partial charge in [0.15, 0.2) is 0 Å². The van der Waals surface area contributed by atoms with E-state index in [4.69, 9.17) is 5.11 Å². The van der Waals surface area contributed by atoms with E-state index in [0.717, 1.165) is 11.8 Å². The average Bonchev–Trinajstić information content (AvgIpc) is 1.78. The predicted molar refractivity (Wildman–Crippen MR) is 38.1 cm³/mol. The van der Waals surface area contributed by atoms with Crippen LogP contribution in [0.15, 0.2) is 0 Å². The molecule has 62 valence electrons. The number of halogens is 3. The zero-order valence-corrected chi connectivity index (χ0v) is 10.3. The van der Waals surface area contributed by atoms with Crippen molar-refractivity contribution in [2.24, 2.45) is 0 Å². The monoisotopic (exact) mass is 212 g/mol. The first kappa shape index (κ1) is 15.3. The normalized spacial score (nSPS) is 10.9. The van der Waals surface area contributed by atoms with Crippen molar-refractivity contribution >= 4 is 18.7 Å². The molecule has 1 N–H and O–H groups in total. The summed E-state index contributed by atoms with van der Waals surface area (Å²) in [6.07, 6.45) is 0.441. The zero-order valence-electron chi connectivity index (χ0n) is 6.40. The van der Waals surface area contributed by atoms with Gasteiger partial charge >= 0.3 is 58.4 Å². The standard InChI is InChI=1S/C4H9BF3OS.K/c6-5(7,8)4-10-3-1-2-9;/h9H,1-4H2;/q-1;+1. The third-order valence-electron chi connectivity index (χ3n) is 0.754. The number of thioether (sulfide) groups is 1. The summed E-state index contributed by atoms with van der Waals surface area (Å²) in [7, 11) is 0. The molecule has 0 radical (unpaired) electrons. The summed E-state index contributed by atoms with van der Waals surface area (Å²) >= 11 is 0.828. The van der Waals surface area contributed by atoms with Crippen LogP contribution in [0.2, 0.25) is 0 Å². The molecule has 0 aliphatic carbocycles. The van der Waals surface area contributed by atoms with Crippen molar-refractivity contribution < 1.29 is 69.4 Å². The Labute approximate surface area is 111 Å². The van der Waals surface area contributed by atoms with Gasteiger partial charge in [-0.1, -0.05) is 0 Å². The van der Waals surface area contributed by atoms with Crippen molar-refractivity contribution in [3.63, 3.8) is 0 Å². The summed E-state index contributed by atoms with van der Waals surface area (Å²) in [6, 6.07) is 0. The topological polar surface area (TPSA) is 20.2 Å². The number of aliphatic hydroxyl groups excluding tert-OH is 1. The second-order valence-electron chi connectivity index (χ2n) is 1.86. The van der Waals surface area contributed by atoms with Gasteiger partial charge in [0, 0.05) is 6.61 Å². The van der Waals surface area contributed by atoms with Gasteiger partial charge in [0.2, 0.25) is 0 Å². The minimum absolute atomic E-state index is 0. The van der Waals surface area contributed by atoms with Crippen LogP contribution in [0.4, 0.5) is 12.9 Å². The molecule has 0 aromatic carbocycles. The van der Waals surface area contributed by atoms with Crippen LogP contribution in [-0.4, -0.2) is 30.1 Å². The molecule has 0 bridgehead atoms. The number of aliphatic hydroxyl groups is 1. The number of hydrogen-bond acceptors (Lipinski definition) is 2. The van der Waals surface area contributed by atoms with E-state index in [0.29, 0.717) is 12.2 Å². The second-order valence-corrected chi connectivity index (χ2v) is 3.01. The van der Waals surface area contributed by atoms with Crippen molar-refractivity contribution in [2.75, 3.05) is 18.0 Å². The molecule has 7 heteroatoms. The van der Waals surface area contributed by atoms with Gasteiger partial charge in [-0.05, 0) is 17.8 Å². The van der Waals surface area contributed by atoms with Crippen LogP contribution in [0.3, 0.4) is 0 Å². The molecule has 0 aromatic heterocycles. The van der Waals surface area contributed by atoms with Crippen molar-refractivity contribution in [3.8, 4) is 0 Å². The summed E-state index contributed by atoms with van der Waals surface area (Å²) in [4.78, 5) is 0. The molecule has 0 aliphatic heterocycles. The fourth-order valence-electron chi connectivity index (χ4n) is 0.384. The Kier molecular flexibility index (Phi) is 11.7. The van der Waals surface area contributed by atoms with Crippen LogP contribution >= 0.6 is 11.8 Å². The van der Waals surface area contributed by atoms with Gasteiger partial charge in [0.25, 0.3) is 0 Å². The predicted octanol–water partition coefficient (Wildman–Crippen LogP) is -1.51. The minimum atomic E-state index is -4.63. The minimum Gasteiger partial charge on any atom is -0.448 e. The Morgan fingerprint density at radius 2 is 1.82 bits per heavy atom. The third-order valence-corrected chi connectivity index (χ3v) is 1.94. The fraction of sp³-hybridized carbons (Fsp3) is 1.00. The van der Waals surface area contributed by atoms with Crippen molar-refractivity contribution in [3.05, 3.63) is 0 Å². The van der Waals surface area contributed by atoms with E-state index >= 15 is 0 Å². The maximum absolute atomic E-state index is 11.5. The molecule has 0 atom stereocenters. The molecule has 0 aliphatic rings. The van der Waals surface area contributed by atoms with Gasteiger partial charge < -0.3 is 18.1 Å². The number of hydrogen-bond donors (Lipinski definition) is 1. The maximum atomic E-state index is 11.5. The first-order chi connectivity index (χ1) is 4.56. The van der Waals surface area contributed by atoms with Crippen LogP contribution in [0.1, 0.15) is 6.42 Å². The molecule has 0 spiro atoms. The van der Waals surface area contributed by atoms with E-state index in [1.807, 2.05) is 0 Å². The quantitative estimate of drug-likeness (QED) is 0.442. The first-order valence-electron chi connectivity index (χ1n) is 2.96. The van der Waals surface area contributed by atoms with Crippen LogP contribution in [0, 0.1) is 0 Å². The van der Waals surface area contributed by atoms with E-state index in [9.17, 15) is 12.9 Å². The van der Waals surface area contributed by atoms with Gasteiger partial charge in [-0.15, -0.1) is 0 Å². The van der Waals surface area contributed by atoms with E-state index in [-0.39, 0.29) is 58.0 Å². The molecule has 0 heterocycles. The van der Waals surface area contributed by atoms with E-state index in [2.05, 4.69) is 0 Å². The van der Waals surface area contributed by atoms with Gasteiger partial charge in [0.05, 0.1) is 0 Å². The molecular formula is C4H9BF3KOS. The Hall–Kier alpha value is 1.80. The Bertz CT molecular complexity index is 91.9. The average molecular weight is 212 g/mol. The molecule has 0 aromatic rings. The van der Waals surface area contributed by atoms with E-state index < -0.39 is 12.6 Å². The molecule has 1 nitrogen and oxygen atoms in total. The van der Waals surface area contributed by atoms with Crippen molar-refractivity contribution in [1.82, 2.24) is 0 Å².